The number of hydrogen-bond donors (Lipinski definition) is 1. The van der Waals surface area contributed by atoms with Crippen LogP contribution in [0.3, 0.4) is 0 Å². The number of methoxy groups -OCH3 is 2. The maximum absolute atomic E-state index is 12.2. The molecule has 0 saturated heterocycles. The van der Waals surface area contributed by atoms with Crippen LogP contribution < -0.4 is 5.32 Å². The second kappa shape index (κ2) is 7.61. The van der Waals surface area contributed by atoms with Gasteiger partial charge in [-0.2, -0.15) is 5.10 Å². The van der Waals surface area contributed by atoms with Gasteiger partial charge in [0.2, 0.25) is 5.91 Å². The first-order valence-corrected chi connectivity index (χ1v) is 7.46. The Bertz CT molecular complexity index is 791. The summed E-state index contributed by atoms with van der Waals surface area (Å²) in [6, 6.07) is 6.06. The van der Waals surface area contributed by atoms with E-state index in [2.05, 4.69) is 19.9 Å². The molecular formula is C17H19N3O5. The molecule has 25 heavy (non-hydrogen) atoms. The van der Waals surface area contributed by atoms with Gasteiger partial charge in [0, 0.05) is 11.4 Å². The predicted octanol–water partition coefficient (Wildman–Crippen LogP) is 1.71. The van der Waals surface area contributed by atoms with Crippen LogP contribution in [0.15, 0.2) is 24.3 Å². The van der Waals surface area contributed by atoms with Gasteiger partial charge >= 0.3 is 11.9 Å². The minimum Gasteiger partial charge on any atom is -0.465 e. The second-order valence-electron chi connectivity index (χ2n) is 5.42. The van der Waals surface area contributed by atoms with Crippen LogP contribution in [0.5, 0.6) is 0 Å². The third-order valence-electron chi connectivity index (χ3n) is 3.46. The lowest BCUT2D eigenvalue weighted by Crippen LogP contribution is -2.21. The summed E-state index contributed by atoms with van der Waals surface area (Å²) < 4.78 is 10.9. The summed E-state index contributed by atoms with van der Waals surface area (Å²) in [5.74, 6) is -1.59. The quantitative estimate of drug-likeness (QED) is 0.828. The van der Waals surface area contributed by atoms with Gasteiger partial charge in [-0.1, -0.05) is 0 Å². The van der Waals surface area contributed by atoms with Gasteiger partial charge in [-0.05, 0) is 38.1 Å². The van der Waals surface area contributed by atoms with E-state index < -0.39 is 11.9 Å². The first-order chi connectivity index (χ1) is 11.8. The molecular weight excluding hydrogens is 326 g/mol. The fourth-order valence-corrected chi connectivity index (χ4v) is 2.34. The summed E-state index contributed by atoms with van der Waals surface area (Å²) in [4.78, 5) is 35.7. The van der Waals surface area contributed by atoms with Crippen molar-refractivity contribution in [3.8, 4) is 0 Å². The van der Waals surface area contributed by atoms with Crippen molar-refractivity contribution in [3.05, 3.63) is 46.8 Å². The van der Waals surface area contributed by atoms with E-state index in [1.54, 1.807) is 4.68 Å². The molecule has 0 bridgehead atoms. The van der Waals surface area contributed by atoms with Crippen LogP contribution in [0, 0.1) is 13.8 Å². The molecule has 0 aliphatic rings. The number of ether oxygens (including phenoxy) is 2. The van der Waals surface area contributed by atoms with Crippen molar-refractivity contribution in [1.82, 2.24) is 9.78 Å². The average molecular weight is 345 g/mol. The molecule has 8 nitrogen and oxygen atoms in total. The van der Waals surface area contributed by atoms with Gasteiger partial charge in [0.05, 0.1) is 31.0 Å². The Morgan fingerprint density at radius 1 is 1.00 bits per heavy atom. The number of carbonyl (C=O) groups excluding carboxylic acids is 3. The average Bonchev–Trinajstić information content (AvgIpc) is 2.89. The van der Waals surface area contributed by atoms with Gasteiger partial charge in [0.15, 0.2) is 0 Å². The van der Waals surface area contributed by atoms with Crippen LogP contribution >= 0.6 is 0 Å². The second-order valence-corrected chi connectivity index (χ2v) is 5.42. The fourth-order valence-electron chi connectivity index (χ4n) is 2.34. The summed E-state index contributed by atoms with van der Waals surface area (Å²) in [5, 5.41) is 6.87. The first kappa shape index (κ1) is 18.2. The minimum atomic E-state index is -0.625. The molecule has 1 heterocycles. The molecule has 2 aromatic rings. The molecule has 0 atom stereocenters. The number of benzene rings is 1. The SMILES string of the molecule is COC(=O)c1cc(NC(=O)Cn2nc(C)cc2C)cc(C(=O)OC)c1. The molecule has 1 aromatic carbocycles. The number of carbonyl (C=O) groups is 3. The van der Waals surface area contributed by atoms with Crippen molar-refractivity contribution in [3.63, 3.8) is 0 Å². The zero-order chi connectivity index (χ0) is 18.6. The van der Waals surface area contributed by atoms with Crippen molar-refractivity contribution in [1.29, 1.82) is 0 Å². The van der Waals surface area contributed by atoms with Crippen molar-refractivity contribution in [2.45, 2.75) is 20.4 Å². The molecule has 0 fully saturated rings. The summed E-state index contributed by atoms with van der Waals surface area (Å²) in [7, 11) is 2.46. The highest BCUT2D eigenvalue weighted by Crippen LogP contribution is 2.17. The molecule has 0 aliphatic carbocycles. The number of esters is 2. The molecule has 1 amide bonds. The summed E-state index contributed by atoms with van der Waals surface area (Å²) in [6.07, 6.45) is 0. The molecule has 0 radical (unpaired) electrons. The van der Waals surface area contributed by atoms with Gasteiger partial charge in [-0.25, -0.2) is 9.59 Å². The zero-order valence-corrected chi connectivity index (χ0v) is 14.5. The fraction of sp³-hybridized carbons (Fsp3) is 0.294. The van der Waals surface area contributed by atoms with Crippen LogP contribution in [-0.2, 0) is 20.8 Å². The van der Waals surface area contributed by atoms with E-state index in [0.29, 0.717) is 0 Å². The van der Waals surface area contributed by atoms with Crippen molar-refractivity contribution in [2.24, 2.45) is 0 Å². The maximum Gasteiger partial charge on any atom is 0.337 e. The standard InChI is InChI=1S/C17H19N3O5/c1-10-5-11(2)20(19-10)9-15(21)18-14-7-12(16(22)24-3)6-13(8-14)17(23)25-4/h5-8H,9H2,1-4H3,(H,18,21). The molecule has 0 saturated carbocycles. The Hall–Kier alpha value is -3.16. The number of rotatable bonds is 5. The van der Waals surface area contributed by atoms with Crippen LogP contribution in [0.4, 0.5) is 5.69 Å². The van der Waals surface area contributed by atoms with E-state index in [1.165, 1.54) is 32.4 Å². The first-order valence-electron chi connectivity index (χ1n) is 7.46. The Balaban J connectivity index is 2.25. The van der Waals surface area contributed by atoms with E-state index in [9.17, 15) is 14.4 Å². The normalized spacial score (nSPS) is 10.2. The number of anilines is 1. The maximum atomic E-state index is 12.2. The summed E-state index contributed by atoms with van der Waals surface area (Å²) in [5.41, 5.74) is 2.21. The predicted molar refractivity (Wildman–Crippen MR) is 89.5 cm³/mol. The van der Waals surface area contributed by atoms with Crippen molar-refractivity contribution < 1.29 is 23.9 Å². The van der Waals surface area contributed by atoms with Gasteiger partial charge in [-0.3, -0.25) is 9.48 Å². The molecule has 8 heteroatoms. The zero-order valence-electron chi connectivity index (χ0n) is 14.5. The van der Waals surface area contributed by atoms with E-state index >= 15 is 0 Å². The van der Waals surface area contributed by atoms with Gasteiger partial charge < -0.3 is 14.8 Å². The van der Waals surface area contributed by atoms with E-state index in [-0.39, 0.29) is 29.3 Å². The Labute approximate surface area is 144 Å². The number of nitrogens with one attached hydrogen (secondary N) is 1. The molecule has 1 aromatic heterocycles. The third-order valence-corrected chi connectivity index (χ3v) is 3.46. The van der Waals surface area contributed by atoms with Crippen LogP contribution in [0.25, 0.3) is 0 Å². The van der Waals surface area contributed by atoms with Crippen molar-refractivity contribution in [2.75, 3.05) is 19.5 Å². The molecule has 132 valence electrons. The Morgan fingerprint density at radius 2 is 1.56 bits per heavy atom. The number of aryl methyl sites for hydroxylation is 2. The molecule has 0 aliphatic heterocycles. The van der Waals surface area contributed by atoms with Crippen LogP contribution in [0.1, 0.15) is 32.1 Å². The lowest BCUT2D eigenvalue weighted by molar-refractivity contribution is -0.116. The van der Waals surface area contributed by atoms with Gasteiger partial charge in [-0.15, -0.1) is 0 Å². The summed E-state index contributed by atoms with van der Waals surface area (Å²) in [6.45, 7) is 3.69. The van der Waals surface area contributed by atoms with E-state index in [0.717, 1.165) is 11.4 Å². The van der Waals surface area contributed by atoms with E-state index in [1.807, 2.05) is 19.9 Å². The van der Waals surface area contributed by atoms with Gasteiger partial charge in [0.25, 0.3) is 0 Å². The smallest absolute Gasteiger partial charge is 0.337 e. The molecule has 0 unspecified atom stereocenters. The molecule has 1 N–H and O–H groups in total. The lowest BCUT2D eigenvalue weighted by Gasteiger charge is -2.10. The largest absolute Gasteiger partial charge is 0.465 e. The van der Waals surface area contributed by atoms with E-state index in [4.69, 9.17) is 0 Å². The number of nitrogens with zero attached hydrogens (tertiary/aromatic N) is 2. The Kier molecular flexibility index (Phi) is 5.53. The highest BCUT2D eigenvalue weighted by molar-refractivity contribution is 5.99. The Morgan fingerprint density at radius 3 is 2.00 bits per heavy atom. The highest BCUT2D eigenvalue weighted by Gasteiger charge is 2.15. The monoisotopic (exact) mass is 345 g/mol. The number of amides is 1. The van der Waals surface area contributed by atoms with Gasteiger partial charge in [0.1, 0.15) is 6.54 Å². The van der Waals surface area contributed by atoms with Crippen molar-refractivity contribution >= 4 is 23.5 Å². The molecule has 2 rings (SSSR count). The highest BCUT2D eigenvalue weighted by atomic mass is 16.5. The number of aromatic nitrogens is 2. The minimum absolute atomic E-state index is 0.00961. The lowest BCUT2D eigenvalue weighted by atomic mass is 10.1. The molecule has 0 spiro atoms. The summed E-state index contributed by atoms with van der Waals surface area (Å²) >= 11 is 0. The van der Waals surface area contributed by atoms with Crippen LogP contribution in [0.2, 0.25) is 0 Å². The third kappa shape index (κ3) is 4.43. The van der Waals surface area contributed by atoms with Crippen LogP contribution in [-0.4, -0.2) is 41.8 Å². The number of hydrogen-bond acceptors (Lipinski definition) is 6. The topological polar surface area (TPSA) is 99.5 Å².